The topological polar surface area (TPSA) is 468 Å². The van der Waals surface area contributed by atoms with Crippen molar-refractivity contribution in [1.82, 2.24) is 54.6 Å². The van der Waals surface area contributed by atoms with Gasteiger partial charge in [0.05, 0.1) is 26.4 Å². The van der Waals surface area contributed by atoms with E-state index in [2.05, 4.69) is 40.5 Å². The fourth-order valence-corrected chi connectivity index (χ4v) is 10.3. The summed E-state index contributed by atoms with van der Waals surface area (Å²) in [5.74, 6) is -2.51. The number of imide groups is 1. The number of nitrogen functional groups attached to an aromatic ring is 2. The molecule has 0 aromatic carbocycles. The number of aromatic amines is 2. The number of hydrogen-bond acceptors (Lipinski definition) is 27. The molecule has 4 aliphatic rings. The van der Waals surface area contributed by atoms with E-state index in [-0.39, 0.29) is 119 Å². The molecule has 4 aromatic heterocycles. The van der Waals surface area contributed by atoms with Crippen molar-refractivity contribution in [2.24, 2.45) is 0 Å². The van der Waals surface area contributed by atoms with Crippen LogP contribution >= 0.6 is 16.3 Å². The molecule has 3 fully saturated rings. The monoisotopic (exact) mass is 1090 g/mol. The van der Waals surface area contributed by atoms with Gasteiger partial charge in [-0.15, -0.1) is 0 Å². The summed E-state index contributed by atoms with van der Waals surface area (Å²) in [4.78, 5) is 141. The van der Waals surface area contributed by atoms with E-state index < -0.39 is 107 Å². The van der Waals surface area contributed by atoms with Gasteiger partial charge in [-0.2, -0.15) is 0 Å². The number of imidazole rings is 2. The fraction of sp³-hybridized carbons (Fsp3) is 0.579. The van der Waals surface area contributed by atoms with E-state index in [1.54, 1.807) is 0 Å². The van der Waals surface area contributed by atoms with Crippen molar-refractivity contribution in [3.63, 3.8) is 0 Å². The number of nitrogens with two attached hydrogens (primary N) is 2. The molecule has 8 atom stereocenters. The molecule has 34 nitrogen and oxygen atoms in total. The van der Waals surface area contributed by atoms with Crippen molar-refractivity contribution in [2.75, 3.05) is 90.6 Å². The minimum absolute atomic E-state index is 0.0126. The Morgan fingerprint density at radius 2 is 1.18 bits per heavy atom. The van der Waals surface area contributed by atoms with Crippen molar-refractivity contribution < 1.29 is 90.4 Å². The van der Waals surface area contributed by atoms with Gasteiger partial charge < -0.3 is 14.8 Å². The van der Waals surface area contributed by atoms with Crippen molar-refractivity contribution in [2.45, 2.75) is 61.9 Å². The van der Waals surface area contributed by atoms with E-state index in [0.717, 1.165) is 34.3 Å². The van der Waals surface area contributed by atoms with Gasteiger partial charge in [-0.05, 0) is 0 Å². The second-order valence-corrected chi connectivity index (χ2v) is 19.9. The number of nitrogens with zero attached hydrogens (tertiary/aromatic N) is 7. The Morgan fingerprint density at radius 1 is 0.689 bits per heavy atom. The number of rotatable bonds is 21. The molecule has 3 saturated heterocycles. The quantitative estimate of drug-likeness (QED) is 0.0211. The maximum atomic E-state index is 13.6. The van der Waals surface area contributed by atoms with Crippen LogP contribution in [0.4, 0.5) is 11.9 Å². The second kappa shape index (κ2) is 23.9. The Bertz CT molecular complexity index is 2790. The summed E-state index contributed by atoms with van der Waals surface area (Å²) in [7, 11) is -10.7. The molecule has 0 radical (unpaired) electrons. The number of ether oxygens (including phenoxy) is 6. The molecule has 74 heavy (non-hydrogen) atoms. The molecule has 0 bridgehead atoms. The summed E-state index contributed by atoms with van der Waals surface area (Å²) >= 11 is 0. The number of aliphatic hydroxyl groups excluding tert-OH is 1. The molecule has 8 rings (SSSR count). The number of aliphatic hydroxyl groups is 1. The van der Waals surface area contributed by atoms with Crippen LogP contribution in [0.5, 0.6) is 0 Å². The molecule has 4 amide bonds. The number of anilines is 2. The van der Waals surface area contributed by atoms with E-state index in [1.165, 1.54) is 4.57 Å². The van der Waals surface area contributed by atoms with Crippen LogP contribution < -0.4 is 33.2 Å². The number of hydrogen-bond donors (Lipinski definition) is 11. The van der Waals surface area contributed by atoms with Crippen LogP contribution in [0.25, 0.3) is 22.3 Å². The summed E-state index contributed by atoms with van der Waals surface area (Å²) in [5, 5.41) is 16.8. The van der Waals surface area contributed by atoms with Gasteiger partial charge in [0.2, 0.25) is 5.91 Å². The van der Waals surface area contributed by atoms with E-state index in [4.69, 9.17) is 58.0 Å². The average Bonchev–Trinajstić information content (AvgIpc) is 4.16. The zero-order valence-electron chi connectivity index (χ0n) is 38.9. The molecule has 0 aliphatic carbocycles. The van der Waals surface area contributed by atoms with Crippen molar-refractivity contribution in [3.8, 4) is 0 Å². The molecule has 4 aliphatic heterocycles. The van der Waals surface area contributed by atoms with Crippen LogP contribution in [-0.2, 0) is 65.7 Å². The Labute approximate surface area is 416 Å². The fourth-order valence-electron chi connectivity index (χ4n) is 8.10. The molecule has 0 saturated carbocycles. The summed E-state index contributed by atoms with van der Waals surface area (Å²) < 4.78 is 58.8. The number of amides is 4. The van der Waals surface area contributed by atoms with E-state index in [1.807, 2.05) is 0 Å². The molecule has 4 aromatic rings. The van der Waals surface area contributed by atoms with Gasteiger partial charge in [-0.3, -0.25) is 19.3 Å². The second-order valence-electron chi connectivity index (χ2n) is 16.6. The van der Waals surface area contributed by atoms with Gasteiger partial charge in [-0.25, -0.2) is 0 Å². The van der Waals surface area contributed by atoms with Crippen molar-refractivity contribution in [1.29, 1.82) is 0 Å². The van der Waals surface area contributed by atoms with Gasteiger partial charge in [0.15, 0.2) is 0 Å². The molecule has 0 spiro atoms. The normalized spacial score (nSPS) is 26.6. The van der Waals surface area contributed by atoms with Gasteiger partial charge in [0.1, 0.15) is 0 Å². The molecule has 13 N–H and O–H groups in total. The Hall–Kier alpha value is -5.62. The Kier molecular flexibility index (Phi) is 17.7. The van der Waals surface area contributed by atoms with E-state index in [0.29, 0.717) is 0 Å². The first-order valence-corrected chi connectivity index (χ1v) is 26.2. The number of aromatic nitrogens is 8. The van der Waals surface area contributed by atoms with Gasteiger partial charge in [0.25, 0.3) is 11.8 Å². The van der Waals surface area contributed by atoms with E-state index in [9.17, 15) is 53.4 Å². The summed E-state index contributed by atoms with van der Waals surface area (Å²) in [6.45, 7) is -0.172. The third-order valence-electron chi connectivity index (χ3n) is 11.5. The molecule has 0 unspecified atom stereocenters. The van der Waals surface area contributed by atoms with Gasteiger partial charge >= 0.3 is 307 Å². The molecule has 36 heteroatoms. The first-order chi connectivity index (χ1) is 35.4. The van der Waals surface area contributed by atoms with E-state index >= 15 is 0 Å². The number of nitrogens with one attached hydrogen (secondary N) is 4. The van der Waals surface area contributed by atoms with Crippen molar-refractivity contribution in [3.05, 3.63) is 45.5 Å². The summed E-state index contributed by atoms with van der Waals surface area (Å²) in [5.41, 5.74) is 9.52. The van der Waals surface area contributed by atoms with Gasteiger partial charge in [-0.1, -0.05) is 0 Å². The van der Waals surface area contributed by atoms with Crippen LogP contribution in [0.2, 0.25) is 0 Å². The average molecular weight is 1090 g/mol. The standard InChI is InChI=1S/C38H55N13O21P2/c39-37-45-31-26(33(57)47-37)42-17-50(31)35-25(44-22(53)4-7-63-9-11-65-13-14-66-12-10-64-8-5-41-21(52)3-6-49-23(54)1-2-24(49)55)29-19(69-35)15-67-74(61,62)72-30-20(16-68-73(59,60)71-29)70-36(28(30)56)51-18-43-27-32(51)46-38(40)48-34(27)58/h1-2,17-20,25,28-30,35-36,56,59-62,73-74H,3-16H2,(H,41,52)(H,44,53)(H3,39,45,47,57)(H3,40,46,48,58)/t19-,20-,25-,28-,29-,30-,35-,36-/m1/s1. The third kappa shape index (κ3) is 13.2. The van der Waals surface area contributed by atoms with Gasteiger partial charge in [0, 0.05) is 31.7 Å². The maximum absolute atomic E-state index is 13.6. The number of carbonyl (C=O) groups is 4. The van der Waals surface area contributed by atoms with Crippen LogP contribution in [0.1, 0.15) is 25.3 Å². The molecule has 408 valence electrons. The number of H-pyrrole nitrogens is 2. The summed E-state index contributed by atoms with van der Waals surface area (Å²) in [6, 6.07) is -1.42. The molecule has 8 heterocycles. The number of fused-ring (bicyclic) bond motifs is 4. The van der Waals surface area contributed by atoms with Crippen LogP contribution in [0, 0.1) is 0 Å². The molecular formula is C38H55N13O21P2. The zero-order valence-corrected chi connectivity index (χ0v) is 40.9. The van der Waals surface area contributed by atoms with Crippen LogP contribution in [0.3, 0.4) is 0 Å². The first kappa shape index (κ1) is 54.6. The number of carbonyl (C=O) groups excluding carboxylic acids is 4. The summed E-state index contributed by atoms with van der Waals surface area (Å²) in [6.07, 6.45) is -6.79. The Morgan fingerprint density at radius 3 is 1.74 bits per heavy atom. The molecular weight excluding hydrogens is 1040 g/mol. The third-order valence-corrected chi connectivity index (χ3v) is 13.7. The van der Waals surface area contributed by atoms with Crippen molar-refractivity contribution >= 4 is 74.2 Å². The zero-order chi connectivity index (χ0) is 52.7. The van der Waals surface area contributed by atoms with Crippen LogP contribution in [0.15, 0.2) is 34.4 Å². The van der Waals surface area contributed by atoms with Crippen LogP contribution in [-0.4, -0.2) is 208 Å². The predicted molar refractivity (Wildman–Crippen MR) is 249 cm³/mol. The predicted octanol–water partition coefficient (Wildman–Crippen LogP) is -5.45. The first-order valence-electron chi connectivity index (χ1n) is 22.8. The Balaban J connectivity index is 0.825. The SMILES string of the molecule is Nc1nc2c(ncn2[C@@H]2O[C@@H]3CO[PH](O)(O)O[C@H]4[C@@H](NC(=O)CCOCCOCCOCCOCCNC(=O)CCN5C(=O)C=CC5=O)[C@H](n5cnc6c(=O)[nH]c(N)nc65)O[C@@H]4CO[PH](O)(O)O[C@H]3[C@H]2O)c(=O)[nH]1. The minimum atomic E-state index is -5.38.